The molecule has 1 saturated carbocycles. The molecule has 4 rings (SSSR count). The Kier molecular flexibility index (Phi) is 7.26. The minimum absolute atomic E-state index is 0.0674. The van der Waals surface area contributed by atoms with Gasteiger partial charge in [0.15, 0.2) is 0 Å². The first kappa shape index (κ1) is 24.3. The van der Waals surface area contributed by atoms with Gasteiger partial charge in [-0.25, -0.2) is 13.2 Å². The topological polar surface area (TPSA) is 52.6 Å². The first-order chi connectivity index (χ1) is 16.2. The van der Waals surface area contributed by atoms with Gasteiger partial charge >= 0.3 is 0 Å². The zero-order valence-electron chi connectivity index (χ0n) is 19.5. The van der Waals surface area contributed by atoms with Gasteiger partial charge in [0.25, 0.3) is 5.91 Å². The van der Waals surface area contributed by atoms with Crippen molar-refractivity contribution in [1.82, 2.24) is 9.80 Å². The lowest BCUT2D eigenvalue weighted by Crippen LogP contribution is -2.54. The highest BCUT2D eigenvalue weighted by Crippen LogP contribution is 2.29. The van der Waals surface area contributed by atoms with Gasteiger partial charge in [0.2, 0.25) is 5.91 Å². The van der Waals surface area contributed by atoms with Gasteiger partial charge in [-0.05, 0) is 62.1 Å². The number of carbonyl (C=O) groups is 2. The predicted octanol–water partition coefficient (Wildman–Crippen LogP) is 4.89. The molecule has 2 fully saturated rings. The average molecular weight is 474 g/mol. The van der Waals surface area contributed by atoms with Gasteiger partial charge in [0, 0.05) is 55.5 Å². The molecule has 2 amide bonds. The highest BCUT2D eigenvalue weighted by atomic mass is 19.1. The molecule has 0 aromatic heterocycles. The van der Waals surface area contributed by atoms with Crippen LogP contribution in [0.25, 0.3) is 0 Å². The van der Waals surface area contributed by atoms with Crippen LogP contribution >= 0.6 is 0 Å². The smallest absolute Gasteiger partial charge is 0.255 e. The van der Waals surface area contributed by atoms with Crippen molar-refractivity contribution in [3.05, 3.63) is 64.5 Å². The third-order valence-corrected chi connectivity index (χ3v) is 6.95. The number of hydrogen-bond acceptors (Lipinski definition) is 3. The summed E-state index contributed by atoms with van der Waals surface area (Å²) in [6, 6.07) is 5.26. The first-order valence-electron chi connectivity index (χ1n) is 11.8. The van der Waals surface area contributed by atoms with Crippen LogP contribution in [0.1, 0.15) is 54.1 Å². The Bertz CT molecular complexity index is 1060. The summed E-state index contributed by atoms with van der Waals surface area (Å²) in [5.41, 5.74) is 1.47. The summed E-state index contributed by atoms with van der Waals surface area (Å²) in [6.07, 6.45) is 4.20. The second-order valence-electron chi connectivity index (χ2n) is 9.45. The largest absolute Gasteiger partial charge is 0.337 e. The van der Waals surface area contributed by atoms with E-state index in [0.717, 1.165) is 37.8 Å². The molecule has 2 aromatic rings. The zero-order chi connectivity index (χ0) is 24.4. The molecule has 0 radical (unpaired) electrons. The minimum Gasteiger partial charge on any atom is -0.337 e. The molecule has 1 aliphatic heterocycles. The summed E-state index contributed by atoms with van der Waals surface area (Å²) in [5.74, 6) is -2.54. The molecule has 182 valence electrons. The third kappa shape index (κ3) is 5.43. The van der Waals surface area contributed by atoms with Crippen LogP contribution in [-0.4, -0.2) is 47.3 Å². The quantitative estimate of drug-likeness (QED) is 0.673. The van der Waals surface area contributed by atoms with E-state index >= 15 is 0 Å². The molecule has 8 heteroatoms. The molecule has 5 nitrogen and oxygen atoms in total. The van der Waals surface area contributed by atoms with Gasteiger partial charge in [-0.3, -0.25) is 14.5 Å². The second-order valence-corrected chi connectivity index (χ2v) is 9.45. The number of rotatable bonds is 5. The SMILES string of the molecule is Cc1c(CN2CCN(C(=O)C3CCCC3)C(C)C2)cc(F)cc1NC(=O)c1cc(F)cc(F)c1. The Morgan fingerprint density at radius 1 is 0.971 bits per heavy atom. The molecule has 1 atom stereocenters. The van der Waals surface area contributed by atoms with Crippen molar-refractivity contribution in [3.63, 3.8) is 0 Å². The Balaban J connectivity index is 1.44. The molecular weight excluding hydrogens is 443 g/mol. The number of carbonyl (C=O) groups excluding carboxylic acids is 2. The lowest BCUT2D eigenvalue weighted by atomic mass is 10.0. The van der Waals surface area contributed by atoms with Crippen LogP contribution in [0.5, 0.6) is 0 Å². The van der Waals surface area contributed by atoms with Crippen molar-refractivity contribution in [2.24, 2.45) is 5.92 Å². The van der Waals surface area contributed by atoms with Gasteiger partial charge in [-0.2, -0.15) is 0 Å². The lowest BCUT2D eigenvalue weighted by Gasteiger charge is -2.41. The van der Waals surface area contributed by atoms with E-state index in [0.29, 0.717) is 43.4 Å². The monoisotopic (exact) mass is 473 g/mol. The Hall–Kier alpha value is -2.87. The van der Waals surface area contributed by atoms with E-state index < -0.39 is 23.4 Å². The van der Waals surface area contributed by atoms with Crippen LogP contribution in [0, 0.1) is 30.3 Å². The Morgan fingerprint density at radius 2 is 1.62 bits per heavy atom. The summed E-state index contributed by atoms with van der Waals surface area (Å²) < 4.78 is 41.4. The van der Waals surface area contributed by atoms with Crippen molar-refractivity contribution in [3.8, 4) is 0 Å². The standard InChI is InChI=1S/C26H30F3N3O2/c1-16-14-31(7-8-32(16)26(34)18-5-3-4-6-18)15-20-11-23(29)13-24(17(20)2)30-25(33)19-9-21(27)12-22(28)10-19/h9-13,16,18H,3-8,14-15H2,1-2H3,(H,30,33). The van der Waals surface area contributed by atoms with Gasteiger partial charge in [0.05, 0.1) is 0 Å². The van der Waals surface area contributed by atoms with Crippen LogP contribution in [0.2, 0.25) is 0 Å². The predicted molar refractivity (Wildman–Crippen MR) is 124 cm³/mol. The van der Waals surface area contributed by atoms with E-state index in [4.69, 9.17) is 0 Å². The van der Waals surface area contributed by atoms with Crippen molar-refractivity contribution in [1.29, 1.82) is 0 Å². The molecule has 1 aliphatic carbocycles. The number of piperazine rings is 1. The molecule has 1 heterocycles. The fourth-order valence-electron chi connectivity index (χ4n) is 5.06. The molecule has 1 saturated heterocycles. The molecule has 2 aliphatic rings. The molecule has 2 aromatic carbocycles. The first-order valence-corrected chi connectivity index (χ1v) is 11.8. The third-order valence-electron chi connectivity index (χ3n) is 6.95. The number of benzene rings is 2. The fourth-order valence-corrected chi connectivity index (χ4v) is 5.06. The molecule has 1 N–H and O–H groups in total. The zero-order valence-corrected chi connectivity index (χ0v) is 19.5. The van der Waals surface area contributed by atoms with Crippen molar-refractivity contribution in [2.45, 2.75) is 52.1 Å². The summed E-state index contributed by atoms with van der Waals surface area (Å²) >= 11 is 0. The van der Waals surface area contributed by atoms with Crippen molar-refractivity contribution < 1.29 is 22.8 Å². The summed E-state index contributed by atoms with van der Waals surface area (Å²) in [4.78, 5) is 29.5. The van der Waals surface area contributed by atoms with E-state index in [1.54, 1.807) is 6.92 Å². The number of halogens is 3. The van der Waals surface area contributed by atoms with Crippen molar-refractivity contribution in [2.75, 3.05) is 25.0 Å². The van der Waals surface area contributed by atoms with E-state index in [2.05, 4.69) is 10.2 Å². The van der Waals surface area contributed by atoms with Gasteiger partial charge in [0.1, 0.15) is 17.5 Å². The number of amides is 2. The maximum Gasteiger partial charge on any atom is 0.255 e. The normalized spacial score (nSPS) is 19.4. The maximum absolute atomic E-state index is 14.4. The van der Waals surface area contributed by atoms with Gasteiger partial charge in [-0.15, -0.1) is 0 Å². The van der Waals surface area contributed by atoms with E-state index in [1.807, 2.05) is 11.8 Å². The van der Waals surface area contributed by atoms with E-state index in [-0.39, 0.29) is 29.1 Å². The number of nitrogens with zero attached hydrogens (tertiary/aromatic N) is 2. The van der Waals surface area contributed by atoms with E-state index in [1.165, 1.54) is 12.1 Å². The highest BCUT2D eigenvalue weighted by Gasteiger charge is 2.33. The van der Waals surface area contributed by atoms with Crippen molar-refractivity contribution >= 4 is 17.5 Å². The number of hydrogen-bond donors (Lipinski definition) is 1. The molecule has 1 unspecified atom stereocenters. The van der Waals surface area contributed by atoms with Crippen LogP contribution in [0.3, 0.4) is 0 Å². The average Bonchev–Trinajstić information content (AvgIpc) is 3.31. The number of anilines is 1. The van der Waals surface area contributed by atoms with Gasteiger partial charge < -0.3 is 10.2 Å². The van der Waals surface area contributed by atoms with Gasteiger partial charge in [-0.1, -0.05) is 12.8 Å². The van der Waals surface area contributed by atoms with Crippen LogP contribution in [0.15, 0.2) is 30.3 Å². The van der Waals surface area contributed by atoms with Crippen LogP contribution in [-0.2, 0) is 11.3 Å². The summed E-state index contributed by atoms with van der Waals surface area (Å²) in [7, 11) is 0. The Labute approximate surface area is 197 Å². The fraction of sp³-hybridized carbons (Fsp3) is 0.462. The van der Waals surface area contributed by atoms with Crippen LogP contribution < -0.4 is 5.32 Å². The molecular formula is C26H30F3N3O2. The molecule has 34 heavy (non-hydrogen) atoms. The minimum atomic E-state index is -0.860. The summed E-state index contributed by atoms with van der Waals surface area (Å²) in [5, 5.41) is 2.58. The van der Waals surface area contributed by atoms with E-state index in [9.17, 15) is 22.8 Å². The maximum atomic E-state index is 14.4. The molecule has 0 spiro atoms. The number of nitrogens with one attached hydrogen (secondary N) is 1. The highest BCUT2D eigenvalue weighted by molar-refractivity contribution is 6.04. The molecule has 0 bridgehead atoms. The second kappa shape index (κ2) is 10.2. The lowest BCUT2D eigenvalue weighted by molar-refractivity contribution is -0.140. The summed E-state index contributed by atoms with van der Waals surface area (Å²) in [6.45, 7) is 6.29. The Morgan fingerprint density at radius 3 is 2.26 bits per heavy atom. The van der Waals surface area contributed by atoms with Crippen LogP contribution in [0.4, 0.5) is 18.9 Å².